The normalized spacial score (nSPS) is 11.9. The fourth-order valence-corrected chi connectivity index (χ4v) is 12.5. The summed E-state index contributed by atoms with van der Waals surface area (Å²) in [5.74, 6) is 0. The molecule has 0 radical (unpaired) electrons. The summed E-state index contributed by atoms with van der Waals surface area (Å²) in [4.78, 5) is 0. The van der Waals surface area contributed by atoms with Crippen molar-refractivity contribution < 1.29 is 0 Å². The Morgan fingerprint density at radius 1 is 0.153 bits per heavy atom. The van der Waals surface area contributed by atoms with E-state index in [0.717, 1.165) is 0 Å². The number of fused-ring (bicyclic) bond motifs is 6. The Hall–Kier alpha value is -9.36. The highest BCUT2D eigenvalue weighted by molar-refractivity contribution is 6.34. The molecule has 0 nitrogen and oxygen atoms in total. The predicted octanol–water partition coefficient (Wildman–Crippen LogP) is 20.4. The van der Waals surface area contributed by atoms with Crippen LogP contribution in [0.1, 0.15) is 0 Å². The zero-order valence-electron chi connectivity index (χ0n) is 39.4. The molecule has 0 aliphatic heterocycles. The standard InChI is InChI=1S/C72H44/c1-3-16-45(17-4-1)52-40-41-65-66(44-52)71(47-18-5-2-6-19-47)60-27-12-11-26-59(60)70(65)51-38-36-50(37-39-51)69-57-24-9-7-22-55(57)68(56-23-8-10-25-58(56)69)49-34-32-46(33-35-49)53-42-43-64-62-29-14-21-48-20-13-28-61(67(48)62)63-31-15-30-54(53)72(63)64/h1-44H. The van der Waals surface area contributed by atoms with E-state index in [1.807, 2.05) is 0 Å². The second-order valence-corrected chi connectivity index (χ2v) is 19.4. The highest BCUT2D eigenvalue weighted by atomic mass is 14.2. The van der Waals surface area contributed by atoms with Gasteiger partial charge in [-0.15, -0.1) is 0 Å². The maximum absolute atomic E-state index is 2.40. The van der Waals surface area contributed by atoms with E-state index in [1.54, 1.807) is 0 Å². The van der Waals surface area contributed by atoms with Crippen molar-refractivity contribution in [2.45, 2.75) is 0 Å². The van der Waals surface area contributed by atoms with Gasteiger partial charge in [-0.05, 0) is 159 Å². The van der Waals surface area contributed by atoms with Crippen LogP contribution in [0.2, 0.25) is 0 Å². The Balaban J connectivity index is 0.865. The topological polar surface area (TPSA) is 0 Å². The van der Waals surface area contributed by atoms with Crippen LogP contribution in [0.3, 0.4) is 0 Å². The molecule has 15 aromatic carbocycles. The molecule has 0 aromatic heterocycles. The van der Waals surface area contributed by atoms with Crippen molar-refractivity contribution in [2.24, 2.45) is 0 Å². The number of rotatable bonds is 6. The van der Waals surface area contributed by atoms with E-state index in [1.165, 1.54) is 153 Å². The maximum atomic E-state index is 2.40. The smallest absolute Gasteiger partial charge is 0.00201 e. The summed E-state index contributed by atoms with van der Waals surface area (Å²) in [6, 6.07) is 99.3. The molecular formula is C72H44. The molecular weight excluding hydrogens is 865 g/mol. The van der Waals surface area contributed by atoms with Crippen LogP contribution in [0.15, 0.2) is 267 Å². The summed E-state index contributed by atoms with van der Waals surface area (Å²) in [7, 11) is 0. The second-order valence-electron chi connectivity index (χ2n) is 19.4. The third kappa shape index (κ3) is 6.13. The molecule has 72 heavy (non-hydrogen) atoms. The van der Waals surface area contributed by atoms with Gasteiger partial charge in [0.1, 0.15) is 0 Å². The van der Waals surface area contributed by atoms with Crippen LogP contribution in [-0.2, 0) is 0 Å². The van der Waals surface area contributed by atoms with Crippen molar-refractivity contribution >= 4 is 86.2 Å². The first-order valence-electron chi connectivity index (χ1n) is 25.1. The second kappa shape index (κ2) is 16.1. The van der Waals surface area contributed by atoms with Gasteiger partial charge in [0, 0.05) is 0 Å². The van der Waals surface area contributed by atoms with Gasteiger partial charge in [-0.25, -0.2) is 0 Å². The minimum absolute atomic E-state index is 1.20. The molecule has 0 amide bonds. The van der Waals surface area contributed by atoms with Gasteiger partial charge in [-0.3, -0.25) is 0 Å². The first-order valence-corrected chi connectivity index (χ1v) is 25.1. The summed E-state index contributed by atoms with van der Waals surface area (Å²) in [5.41, 5.74) is 14.8. The van der Waals surface area contributed by atoms with Gasteiger partial charge in [0.25, 0.3) is 0 Å². The molecule has 15 aromatic rings. The van der Waals surface area contributed by atoms with E-state index in [2.05, 4.69) is 267 Å². The largest absolute Gasteiger partial charge is 0.0622 e. The Kier molecular flexibility index (Phi) is 9.06. The van der Waals surface area contributed by atoms with Crippen LogP contribution in [0, 0.1) is 0 Å². The van der Waals surface area contributed by atoms with Crippen molar-refractivity contribution in [3.05, 3.63) is 267 Å². The molecule has 0 heteroatoms. The molecule has 0 unspecified atom stereocenters. The SMILES string of the molecule is c1ccc(-c2ccc3c(-c4ccc(-c5c6ccccc6c(-c6ccc(-c7ccc8c9cccc%10cccc(c%11cccc7c%118)c%109)cc6)c6ccccc56)cc4)c4ccccc4c(-c4ccccc4)c3c2)cc1. The molecule has 15 rings (SSSR count). The monoisotopic (exact) mass is 908 g/mol. The van der Waals surface area contributed by atoms with Gasteiger partial charge in [0.05, 0.1) is 0 Å². The van der Waals surface area contributed by atoms with Gasteiger partial charge in [-0.1, -0.05) is 261 Å². The third-order valence-corrected chi connectivity index (χ3v) is 15.6. The van der Waals surface area contributed by atoms with Crippen molar-refractivity contribution in [2.75, 3.05) is 0 Å². The summed E-state index contributed by atoms with van der Waals surface area (Å²) in [6.07, 6.45) is 0. The fourth-order valence-electron chi connectivity index (χ4n) is 12.5. The van der Waals surface area contributed by atoms with E-state index in [0.29, 0.717) is 0 Å². The van der Waals surface area contributed by atoms with Crippen LogP contribution in [0.5, 0.6) is 0 Å². The molecule has 0 saturated carbocycles. The third-order valence-electron chi connectivity index (χ3n) is 15.6. The van der Waals surface area contributed by atoms with Gasteiger partial charge < -0.3 is 0 Å². The number of hydrogen-bond acceptors (Lipinski definition) is 0. The van der Waals surface area contributed by atoms with Crippen LogP contribution < -0.4 is 0 Å². The van der Waals surface area contributed by atoms with Gasteiger partial charge in [0.15, 0.2) is 0 Å². The summed E-state index contributed by atoms with van der Waals surface area (Å²) in [6.45, 7) is 0. The summed E-state index contributed by atoms with van der Waals surface area (Å²) in [5, 5.41) is 20.6. The maximum Gasteiger partial charge on any atom is -0.00201 e. The fraction of sp³-hybridized carbons (Fsp3) is 0. The lowest BCUT2D eigenvalue weighted by molar-refractivity contribution is 1.62. The molecule has 0 aliphatic carbocycles. The molecule has 0 spiro atoms. The molecule has 0 fully saturated rings. The average Bonchev–Trinajstić information content (AvgIpc) is 3.45. The van der Waals surface area contributed by atoms with Crippen molar-refractivity contribution in [3.8, 4) is 66.8 Å². The Labute approximate surface area is 417 Å². The zero-order chi connectivity index (χ0) is 47.3. The molecule has 0 N–H and O–H groups in total. The van der Waals surface area contributed by atoms with E-state index in [9.17, 15) is 0 Å². The Morgan fingerprint density at radius 3 is 0.972 bits per heavy atom. The lowest BCUT2D eigenvalue weighted by atomic mass is 9.83. The summed E-state index contributed by atoms with van der Waals surface area (Å²) >= 11 is 0. The molecule has 0 saturated heterocycles. The first-order chi connectivity index (χ1) is 35.7. The van der Waals surface area contributed by atoms with Gasteiger partial charge in [0.2, 0.25) is 0 Å². The predicted molar refractivity (Wildman–Crippen MR) is 310 cm³/mol. The number of hydrogen-bond donors (Lipinski definition) is 0. The minimum Gasteiger partial charge on any atom is -0.0622 e. The lowest BCUT2D eigenvalue weighted by Gasteiger charge is -2.20. The van der Waals surface area contributed by atoms with E-state index in [-0.39, 0.29) is 0 Å². The Bertz CT molecular complexity index is 4510. The molecule has 0 atom stereocenters. The molecule has 332 valence electrons. The highest BCUT2D eigenvalue weighted by Crippen LogP contribution is 2.48. The molecule has 0 bridgehead atoms. The quantitative estimate of drug-likeness (QED) is 0.115. The lowest BCUT2D eigenvalue weighted by Crippen LogP contribution is -1.93. The van der Waals surface area contributed by atoms with Gasteiger partial charge >= 0.3 is 0 Å². The summed E-state index contributed by atoms with van der Waals surface area (Å²) < 4.78 is 0. The van der Waals surface area contributed by atoms with Crippen LogP contribution in [0.25, 0.3) is 153 Å². The van der Waals surface area contributed by atoms with Crippen molar-refractivity contribution in [1.82, 2.24) is 0 Å². The zero-order valence-corrected chi connectivity index (χ0v) is 39.4. The van der Waals surface area contributed by atoms with E-state index in [4.69, 9.17) is 0 Å². The van der Waals surface area contributed by atoms with Crippen LogP contribution >= 0.6 is 0 Å². The van der Waals surface area contributed by atoms with Crippen LogP contribution in [0.4, 0.5) is 0 Å². The average molecular weight is 909 g/mol. The minimum atomic E-state index is 1.20. The molecule has 0 aliphatic rings. The Morgan fingerprint density at radius 2 is 0.472 bits per heavy atom. The van der Waals surface area contributed by atoms with Crippen molar-refractivity contribution in [3.63, 3.8) is 0 Å². The molecule has 0 heterocycles. The highest BCUT2D eigenvalue weighted by Gasteiger charge is 2.21. The van der Waals surface area contributed by atoms with Crippen LogP contribution in [-0.4, -0.2) is 0 Å². The first kappa shape index (κ1) is 40.5. The van der Waals surface area contributed by atoms with E-state index >= 15 is 0 Å². The van der Waals surface area contributed by atoms with Gasteiger partial charge in [-0.2, -0.15) is 0 Å². The number of benzene rings is 15. The van der Waals surface area contributed by atoms with Crippen molar-refractivity contribution in [1.29, 1.82) is 0 Å². The van der Waals surface area contributed by atoms with E-state index < -0.39 is 0 Å².